The molecule has 29 aromatic rings. The maximum absolute atomic E-state index is 16.1. The SMILES string of the molecule is CC(=O)N1c2cc(C)c(C)cc2C23c4c5c6c7c8c9c(c%10c%11c2c2c4c4c%12c5c5c6c6c8c8c%13c9c9c%10c%10c%11c%11c2c2c4c4c%12c%12c5c5c6c8c6c8c%13c9c9c%10c%10c%11c2c2c4c4c%12c5c6c5c8c9c%10c2c45)C713. The second-order valence-corrected chi connectivity index (χ2v) is 26.5. The zero-order valence-electron chi connectivity index (χ0n) is 37.5. The molecule has 0 saturated heterocycles. The zero-order chi connectivity index (χ0) is 43.4. The Hall–Kier alpha value is -8.85. The number of carbonyl (C=O) groups excluding carboxylic acids is 1. The third-order valence-electron chi connectivity index (χ3n) is 26.2. The average molecular weight is 882 g/mol. The number of fused-ring (bicyclic) bond motifs is 1. The van der Waals surface area contributed by atoms with Crippen LogP contribution in [0.5, 0.6) is 0 Å². The standard InChI is InChI=1S/C70H11NO/c1-6-4-9-10(5-7(6)2)71(8(3)72)70-67-61-55-45-33-25-17-13-11-12-15-19(17)27(33)37-31-23(15)24-16(12)20-18-14(11)22-21(13)29-35(25)43-49-39(29)40-30(22)36-26(18)34-28(20)38-32(24)42-41(31)53(47(37)55)63(67)64-54(42)48(38)56-46(34)52-44(36)50(40)58-57(49)65(59(61)51(43)45)69(9,70)66(58)60(52)62(56)68(64)70/h4-5H,1-3H3. The fourth-order valence-electron chi connectivity index (χ4n) is 25.9. The van der Waals surface area contributed by atoms with Gasteiger partial charge in [0.25, 0.3) is 0 Å². The molecule has 302 valence electrons. The van der Waals surface area contributed by atoms with Crippen LogP contribution in [0.3, 0.4) is 0 Å². The molecule has 34 rings (SSSR count). The van der Waals surface area contributed by atoms with Crippen molar-refractivity contribution in [3.8, 4) is 0 Å². The molecule has 29 aromatic carbocycles. The summed E-state index contributed by atoms with van der Waals surface area (Å²) in [4.78, 5) is 18.6. The number of nitrogens with zero attached hydrogens (tertiary/aromatic N) is 1. The molecule has 72 heavy (non-hydrogen) atoms. The summed E-state index contributed by atoms with van der Waals surface area (Å²) in [6, 6.07) is 5.12. The second-order valence-electron chi connectivity index (χ2n) is 26.5. The van der Waals surface area contributed by atoms with Crippen LogP contribution in [0.4, 0.5) is 5.69 Å². The first-order chi connectivity index (χ1) is 35.6. The van der Waals surface area contributed by atoms with E-state index < -0.39 is 11.0 Å². The molecule has 0 saturated carbocycles. The highest BCUT2D eigenvalue weighted by Crippen LogP contribution is 2.87. The zero-order valence-corrected chi connectivity index (χ0v) is 37.5. The Labute approximate surface area is 392 Å². The summed E-state index contributed by atoms with van der Waals surface area (Å²) in [5.41, 5.74) is 9.98. The molecule has 5 aliphatic rings. The molecule has 0 atom stereocenters. The monoisotopic (exact) mass is 881 g/mol. The van der Waals surface area contributed by atoms with Crippen LogP contribution in [-0.4, -0.2) is 5.91 Å². The van der Waals surface area contributed by atoms with Crippen LogP contribution in [-0.2, 0) is 15.7 Å². The average Bonchev–Trinajstić information content (AvgIpc) is 4.40. The molecule has 0 aromatic heterocycles. The first-order valence-electron chi connectivity index (χ1n) is 26.8. The normalized spacial score (nSPS) is 22.0. The first kappa shape index (κ1) is 26.9. The maximum Gasteiger partial charge on any atom is 0.224 e. The fraction of sp³-hybridized carbons (Fsp3) is 0.0714. The predicted molar refractivity (Wildman–Crippen MR) is 302 cm³/mol. The molecule has 0 bridgehead atoms. The number of rotatable bonds is 0. The number of aryl methyl sites for hydroxylation is 2. The van der Waals surface area contributed by atoms with E-state index in [4.69, 9.17) is 0 Å². The van der Waals surface area contributed by atoms with Crippen molar-refractivity contribution in [2.24, 2.45) is 0 Å². The van der Waals surface area contributed by atoms with Gasteiger partial charge in [-0.05, 0) is 339 Å². The topological polar surface area (TPSA) is 20.3 Å². The van der Waals surface area contributed by atoms with E-state index in [1.54, 1.807) is 280 Å². The van der Waals surface area contributed by atoms with Gasteiger partial charge >= 0.3 is 0 Å². The number of hydrogen-bond donors (Lipinski definition) is 0. The number of benzene rings is 19. The van der Waals surface area contributed by atoms with Crippen molar-refractivity contribution < 1.29 is 4.79 Å². The van der Waals surface area contributed by atoms with E-state index in [1.165, 1.54) is 55.0 Å². The van der Waals surface area contributed by atoms with Gasteiger partial charge in [0.1, 0.15) is 5.54 Å². The second kappa shape index (κ2) is 5.98. The summed E-state index contributed by atoms with van der Waals surface area (Å²) in [6.45, 7) is 6.62. The van der Waals surface area contributed by atoms with Crippen LogP contribution >= 0.6 is 0 Å². The lowest BCUT2D eigenvalue weighted by atomic mass is 9.52. The minimum absolute atomic E-state index is 0.189. The van der Waals surface area contributed by atoms with Gasteiger partial charge in [0, 0.05) is 23.7 Å². The largest absolute Gasteiger partial charge is 0.296 e. The number of hydrogen-bond acceptors (Lipinski definition) is 1. The van der Waals surface area contributed by atoms with Crippen molar-refractivity contribution >= 4 is 302 Å². The molecular weight excluding hydrogens is 871 g/mol. The summed E-state index contributed by atoms with van der Waals surface area (Å²) in [5, 5.41) is 86.0. The maximum atomic E-state index is 16.1. The highest BCUT2D eigenvalue weighted by molar-refractivity contribution is 6.82. The molecule has 2 spiro atoms. The molecule has 2 nitrogen and oxygen atoms in total. The van der Waals surface area contributed by atoms with Crippen LogP contribution in [0.1, 0.15) is 45.9 Å². The van der Waals surface area contributed by atoms with Crippen LogP contribution < -0.4 is 4.90 Å². The minimum atomic E-state index is -0.785. The van der Waals surface area contributed by atoms with Gasteiger partial charge in [-0.25, -0.2) is 0 Å². The highest BCUT2D eigenvalue weighted by Gasteiger charge is 2.76. The number of carbonyl (C=O) groups is 1. The van der Waals surface area contributed by atoms with Crippen LogP contribution in [0, 0.1) is 13.8 Å². The number of anilines is 1. The van der Waals surface area contributed by atoms with Gasteiger partial charge in [0.05, 0.1) is 5.41 Å². The molecule has 1 aliphatic heterocycles. The molecule has 1 heterocycles. The third kappa shape index (κ3) is 1.38. The van der Waals surface area contributed by atoms with Crippen molar-refractivity contribution in [1.29, 1.82) is 0 Å². The van der Waals surface area contributed by atoms with Gasteiger partial charge < -0.3 is 0 Å². The van der Waals surface area contributed by atoms with Crippen molar-refractivity contribution in [1.82, 2.24) is 0 Å². The van der Waals surface area contributed by atoms with Gasteiger partial charge in [-0.3, -0.25) is 9.69 Å². The van der Waals surface area contributed by atoms with Crippen molar-refractivity contribution in [3.63, 3.8) is 0 Å². The Kier molecular flexibility index (Phi) is 2.24. The lowest BCUT2D eigenvalue weighted by Gasteiger charge is -2.53. The van der Waals surface area contributed by atoms with E-state index >= 15 is 4.79 Å². The van der Waals surface area contributed by atoms with E-state index in [2.05, 4.69) is 30.9 Å². The lowest BCUT2D eigenvalue weighted by Crippen LogP contribution is -2.59. The Morgan fingerprint density at radius 1 is 0.278 bits per heavy atom. The molecular formula is C70H11NO. The van der Waals surface area contributed by atoms with E-state index in [1.807, 2.05) is 6.92 Å². The molecule has 0 N–H and O–H groups in total. The van der Waals surface area contributed by atoms with Crippen LogP contribution in [0.25, 0.3) is 291 Å². The van der Waals surface area contributed by atoms with Gasteiger partial charge in [-0.1, -0.05) is 6.07 Å². The summed E-state index contributed by atoms with van der Waals surface area (Å²) < 4.78 is 0. The minimum Gasteiger partial charge on any atom is -0.296 e. The summed E-state index contributed by atoms with van der Waals surface area (Å²) in [6.07, 6.45) is 0. The molecule has 2 heteroatoms. The van der Waals surface area contributed by atoms with Gasteiger partial charge in [0.2, 0.25) is 5.91 Å². The molecule has 0 fully saturated rings. The predicted octanol–water partition coefficient (Wildman–Crippen LogP) is 18.3. The van der Waals surface area contributed by atoms with Crippen LogP contribution in [0.15, 0.2) is 12.1 Å². The van der Waals surface area contributed by atoms with Crippen LogP contribution in [0.2, 0.25) is 0 Å². The van der Waals surface area contributed by atoms with Crippen molar-refractivity contribution in [2.45, 2.75) is 31.7 Å². The third-order valence-corrected chi connectivity index (χ3v) is 26.2. The Balaban J connectivity index is 1.20. The van der Waals surface area contributed by atoms with E-state index in [9.17, 15) is 0 Å². The lowest BCUT2D eigenvalue weighted by molar-refractivity contribution is -0.117. The summed E-state index contributed by atoms with van der Waals surface area (Å²) in [5.74, 6) is 0.189. The smallest absolute Gasteiger partial charge is 0.224 e. The Morgan fingerprint density at radius 3 is 0.667 bits per heavy atom. The van der Waals surface area contributed by atoms with Gasteiger partial charge in [0.15, 0.2) is 0 Å². The van der Waals surface area contributed by atoms with E-state index in [0.29, 0.717) is 0 Å². The number of amides is 1. The first-order valence-corrected chi connectivity index (χ1v) is 26.8. The van der Waals surface area contributed by atoms with Crippen molar-refractivity contribution in [2.75, 3.05) is 4.90 Å². The van der Waals surface area contributed by atoms with Crippen molar-refractivity contribution in [3.05, 3.63) is 51.1 Å². The summed E-state index contributed by atoms with van der Waals surface area (Å²) in [7, 11) is 0. The Bertz CT molecular complexity index is 7410. The summed E-state index contributed by atoms with van der Waals surface area (Å²) >= 11 is 0. The highest BCUT2D eigenvalue weighted by atomic mass is 16.2. The van der Waals surface area contributed by atoms with E-state index in [0.717, 1.165) is 0 Å². The quantitative estimate of drug-likeness (QED) is 0.139. The Morgan fingerprint density at radius 2 is 0.458 bits per heavy atom. The molecule has 4 aliphatic carbocycles. The fourth-order valence-corrected chi connectivity index (χ4v) is 25.9. The van der Waals surface area contributed by atoms with Gasteiger partial charge in [-0.2, -0.15) is 0 Å². The molecule has 0 radical (unpaired) electrons. The molecule has 0 unspecified atom stereocenters. The van der Waals surface area contributed by atoms with Gasteiger partial charge in [-0.15, -0.1) is 0 Å². The van der Waals surface area contributed by atoms with E-state index in [-0.39, 0.29) is 5.91 Å². The molecule has 1 amide bonds.